The fourth-order valence-corrected chi connectivity index (χ4v) is 1.58. The molecule has 0 unspecified atom stereocenters. The van der Waals surface area contributed by atoms with Crippen molar-refractivity contribution in [3.63, 3.8) is 0 Å². The van der Waals surface area contributed by atoms with E-state index in [1.807, 2.05) is 6.92 Å². The van der Waals surface area contributed by atoms with Crippen molar-refractivity contribution in [1.29, 1.82) is 0 Å². The normalized spacial score (nSPS) is 10.0. The lowest BCUT2D eigenvalue weighted by Gasteiger charge is -2.08. The van der Waals surface area contributed by atoms with Crippen LogP contribution in [0.4, 0.5) is 5.69 Å². The van der Waals surface area contributed by atoms with Gasteiger partial charge in [-0.15, -0.1) is 0 Å². The van der Waals surface area contributed by atoms with Gasteiger partial charge in [-0.2, -0.15) is 0 Å². The van der Waals surface area contributed by atoms with Crippen molar-refractivity contribution in [3.05, 3.63) is 29.3 Å². The maximum absolute atomic E-state index is 11.8. The van der Waals surface area contributed by atoms with Gasteiger partial charge in [0.25, 0.3) is 5.91 Å². The summed E-state index contributed by atoms with van der Waals surface area (Å²) >= 11 is 0. The van der Waals surface area contributed by atoms with E-state index in [2.05, 4.69) is 5.32 Å². The van der Waals surface area contributed by atoms with Gasteiger partial charge in [-0.25, -0.2) is 4.79 Å². The van der Waals surface area contributed by atoms with Gasteiger partial charge < -0.3 is 15.8 Å². The number of unbranched alkanes of at least 4 members (excludes halogenated alkanes) is 1. The number of carbonyl (C=O) groups excluding carboxylic acids is 2. The molecule has 0 heterocycles. The van der Waals surface area contributed by atoms with Crippen molar-refractivity contribution in [2.24, 2.45) is 0 Å². The van der Waals surface area contributed by atoms with E-state index in [4.69, 9.17) is 10.5 Å². The van der Waals surface area contributed by atoms with E-state index in [0.717, 1.165) is 18.4 Å². The third-order valence-electron chi connectivity index (χ3n) is 2.66. The van der Waals surface area contributed by atoms with Crippen LogP contribution < -0.4 is 11.1 Å². The Bertz CT molecular complexity index is 458. The number of esters is 1. The number of benzene rings is 1. The minimum Gasteiger partial charge on any atom is -0.452 e. The first-order chi connectivity index (χ1) is 9.04. The Kier molecular flexibility index (Phi) is 5.85. The van der Waals surface area contributed by atoms with Gasteiger partial charge in [-0.3, -0.25) is 4.79 Å². The summed E-state index contributed by atoms with van der Waals surface area (Å²) in [6.07, 6.45) is 1.92. The number of nitrogens with two attached hydrogens (primary N) is 1. The molecule has 5 nitrogen and oxygen atoms in total. The number of carbonyl (C=O) groups is 2. The molecule has 0 aliphatic rings. The molecule has 104 valence electrons. The van der Waals surface area contributed by atoms with E-state index in [1.54, 1.807) is 25.1 Å². The molecule has 0 aliphatic carbocycles. The Hall–Kier alpha value is -2.04. The van der Waals surface area contributed by atoms with Crippen LogP contribution in [0.25, 0.3) is 0 Å². The number of amides is 1. The average molecular weight is 264 g/mol. The Morgan fingerprint density at radius 2 is 2.11 bits per heavy atom. The predicted octanol–water partition coefficient (Wildman–Crippen LogP) is 1.65. The number of anilines is 1. The Morgan fingerprint density at radius 1 is 1.37 bits per heavy atom. The fourth-order valence-electron chi connectivity index (χ4n) is 1.58. The lowest BCUT2D eigenvalue weighted by Crippen LogP contribution is -2.29. The highest BCUT2D eigenvalue weighted by Gasteiger charge is 2.12. The van der Waals surface area contributed by atoms with E-state index < -0.39 is 5.97 Å². The van der Waals surface area contributed by atoms with Crippen molar-refractivity contribution >= 4 is 17.6 Å². The summed E-state index contributed by atoms with van der Waals surface area (Å²) < 4.78 is 4.95. The molecule has 1 aromatic carbocycles. The van der Waals surface area contributed by atoms with Crippen molar-refractivity contribution in [2.75, 3.05) is 18.9 Å². The van der Waals surface area contributed by atoms with Gasteiger partial charge >= 0.3 is 5.97 Å². The SMILES string of the molecule is CCCCNC(=O)COC(=O)c1ccc(N)cc1C. The van der Waals surface area contributed by atoms with Crippen molar-refractivity contribution in [1.82, 2.24) is 5.32 Å². The summed E-state index contributed by atoms with van der Waals surface area (Å²) in [6.45, 7) is 4.16. The van der Waals surface area contributed by atoms with Gasteiger partial charge in [0.05, 0.1) is 5.56 Å². The first kappa shape index (κ1) is 15.0. The van der Waals surface area contributed by atoms with Crippen LogP contribution in [0.2, 0.25) is 0 Å². The summed E-state index contributed by atoms with van der Waals surface area (Å²) in [5.41, 5.74) is 7.35. The molecule has 1 aromatic rings. The van der Waals surface area contributed by atoms with Crippen LogP contribution in [-0.2, 0) is 9.53 Å². The molecule has 0 spiro atoms. The summed E-state index contributed by atoms with van der Waals surface area (Å²) in [6, 6.07) is 4.92. The van der Waals surface area contributed by atoms with Crippen LogP contribution in [0, 0.1) is 6.92 Å². The van der Waals surface area contributed by atoms with Gasteiger partial charge in [-0.1, -0.05) is 13.3 Å². The molecule has 19 heavy (non-hydrogen) atoms. The zero-order valence-corrected chi connectivity index (χ0v) is 11.4. The van der Waals surface area contributed by atoms with E-state index in [0.29, 0.717) is 17.8 Å². The maximum Gasteiger partial charge on any atom is 0.338 e. The lowest BCUT2D eigenvalue weighted by atomic mass is 10.1. The summed E-state index contributed by atoms with van der Waals surface area (Å²) in [4.78, 5) is 23.2. The standard InChI is InChI=1S/C14H20N2O3/c1-3-4-7-16-13(17)9-19-14(18)12-6-5-11(15)8-10(12)2/h5-6,8H,3-4,7,9,15H2,1-2H3,(H,16,17). The molecule has 1 rings (SSSR count). The van der Waals surface area contributed by atoms with Crippen molar-refractivity contribution < 1.29 is 14.3 Å². The zero-order valence-electron chi connectivity index (χ0n) is 11.4. The van der Waals surface area contributed by atoms with Crippen LogP contribution in [0.5, 0.6) is 0 Å². The molecule has 0 saturated carbocycles. The Balaban J connectivity index is 2.45. The molecule has 1 amide bonds. The Labute approximate surface area is 113 Å². The Morgan fingerprint density at radius 3 is 2.74 bits per heavy atom. The van der Waals surface area contributed by atoms with Gasteiger partial charge in [-0.05, 0) is 37.1 Å². The molecular formula is C14H20N2O3. The number of hydrogen-bond donors (Lipinski definition) is 2. The average Bonchev–Trinajstić information content (AvgIpc) is 2.36. The van der Waals surface area contributed by atoms with E-state index in [9.17, 15) is 9.59 Å². The molecule has 0 radical (unpaired) electrons. The van der Waals surface area contributed by atoms with Crippen LogP contribution in [0.1, 0.15) is 35.7 Å². The number of nitrogen functional groups attached to an aromatic ring is 1. The van der Waals surface area contributed by atoms with Gasteiger partial charge in [0.1, 0.15) is 0 Å². The van der Waals surface area contributed by atoms with E-state index in [1.165, 1.54) is 0 Å². The second-order valence-corrected chi connectivity index (χ2v) is 4.35. The summed E-state index contributed by atoms with van der Waals surface area (Å²) in [7, 11) is 0. The largest absolute Gasteiger partial charge is 0.452 e. The second kappa shape index (κ2) is 7.41. The minimum absolute atomic E-state index is 0.258. The monoisotopic (exact) mass is 264 g/mol. The van der Waals surface area contributed by atoms with Gasteiger partial charge in [0.15, 0.2) is 6.61 Å². The minimum atomic E-state index is -0.511. The first-order valence-electron chi connectivity index (χ1n) is 6.34. The second-order valence-electron chi connectivity index (χ2n) is 4.35. The van der Waals surface area contributed by atoms with Crippen molar-refractivity contribution in [3.8, 4) is 0 Å². The highest BCUT2D eigenvalue weighted by Crippen LogP contribution is 2.13. The number of rotatable bonds is 6. The van der Waals surface area contributed by atoms with Crippen LogP contribution >= 0.6 is 0 Å². The molecule has 0 saturated heterocycles. The van der Waals surface area contributed by atoms with Crippen LogP contribution in [-0.4, -0.2) is 25.0 Å². The highest BCUT2D eigenvalue weighted by atomic mass is 16.5. The van der Waals surface area contributed by atoms with E-state index in [-0.39, 0.29) is 12.5 Å². The quantitative estimate of drug-likeness (QED) is 0.465. The van der Waals surface area contributed by atoms with Gasteiger partial charge in [0, 0.05) is 12.2 Å². The summed E-state index contributed by atoms with van der Waals surface area (Å²) in [5, 5.41) is 2.68. The molecule has 0 bridgehead atoms. The maximum atomic E-state index is 11.8. The molecule has 0 fully saturated rings. The molecule has 3 N–H and O–H groups in total. The molecule has 0 aliphatic heterocycles. The third-order valence-corrected chi connectivity index (χ3v) is 2.66. The lowest BCUT2D eigenvalue weighted by molar-refractivity contribution is -0.124. The molecule has 0 aromatic heterocycles. The molecule has 5 heteroatoms. The topological polar surface area (TPSA) is 81.4 Å². The molecule has 0 atom stereocenters. The predicted molar refractivity (Wildman–Crippen MR) is 73.8 cm³/mol. The number of nitrogens with one attached hydrogen (secondary N) is 1. The van der Waals surface area contributed by atoms with Crippen molar-refractivity contribution in [2.45, 2.75) is 26.7 Å². The zero-order chi connectivity index (χ0) is 14.3. The van der Waals surface area contributed by atoms with E-state index >= 15 is 0 Å². The molecular weight excluding hydrogens is 244 g/mol. The number of aryl methyl sites for hydroxylation is 1. The number of ether oxygens (including phenoxy) is 1. The third kappa shape index (κ3) is 4.99. The van der Waals surface area contributed by atoms with Crippen LogP contribution in [0.3, 0.4) is 0 Å². The first-order valence-corrected chi connectivity index (χ1v) is 6.34. The number of hydrogen-bond acceptors (Lipinski definition) is 4. The highest BCUT2D eigenvalue weighted by molar-refractivity contribution is 5.93. The summed E-state index contributed by atoms with van der Waals surface area (Å²) in [5.74, 6) is -0.793. The van der Waals surface area contributed by atoms with Crippen LogP contribution in [0.15, 0.2) is 18.2 Å². The smallest absolute Gasteiger partial charge is 0.338 e. The van der Waals surface area contributed by atoms with Gasteiger partial charge in [0.2, 0.25) is 0 Å². The fraction of sp³-hybridized carbons (Fsp3) is 0.429.